The molecule has 0 aromatic rings. The van der Waals surface area contributed by atoms with Crippen LogP contribution in [0, 0.1) is 0 Å². The van der Waals surface area contributed by atoms with Gasteiger partial charge in [-0.25, -0.2) is 4.79 Å². The molecule has 0 unspecified atom stereocenters. The van der Waals surface area contributed by atoms with E-state index in [1.807, 2.05) is 0 Å². The maximum absolute atomic E-state index is 12.6. The van der Waals surface area contributed by atoms with E-state index in [2.05, 4.69) is 12.2 Å². The predicted octanol–water partition coefficient (Wildman–Crippen LogP) is 3.14. The number of rotatable bonds is 4. The van der Waals surface area contributed by atoms with Crippen LogP contribution < -0.4 is 5.32 Å². The largest absolute Gasteiger partial charge is 0.481 e. The summed E-state index contributed by atoms with van der Waals surface area (Å²) in [6.45, 7) is 2.09. The van der Waals surface area contributed by atoms with E-state index in [0.717, 1.165) is 57.8 Å². The van der Waals surface area contributed by atoms with Crippen LogP contribution in [0.3, 0.4) is 0 Å². The Labute approximate surface area is 127 Å². The molecule has 0 aliphatic heterocycles. The predicted molar refractivity (Wildman–Crippen MR) is 81.2 cm³/mol. The molecule has 0 saturated heterocycles. The summed E-state index contributed by atoms with van der Waals surface area (Å²) in [5.74, 6) is -0.816. The molecular formula is C16H28N2O3. The van der Waals surface area contributed by atoms with Gasteiger partial charge >= 0.3 is 12.0 Å². The molecule has 120 valence electrons. The summed E-state index contributed by atoms with van der Waals surface area (Å²) < 4.78 is 0. The molecule has 5 nitrogen and oxygen atoms in total. The Morgan fingerprint density at radius 1 is 1.05 bits per heavy atom. The summed E-state index contributed by atoms with van der Waals surface area (Å²) in [4.78, 5) is 25.5. The lowest BCUT2D eigenvalue weighted by molar-refractivity contribution is -0.140. The smallest absolute Gasteiger partial charge is 0.318 e. The number of carboxylic acid groups (broad SMARTS) is 1. The average Bonchev–Trinajstić information content (AvgIpc) is 2.84. The van der Waals surface area contributed by atoms with Gasteiger partial charge in [0.15, 0.2) is 0 Å². The Bertz CT molecular complexity index is 396. The summed E-state index contributed by atoms with van der Waals surface area (Å²) in [5, 5.41) is 12.4. The first kappa shape index (κ1) is 16.1. The Morgan fingerprint density at radius 3 is 2.10 bits per heavy atom. The number of carbonyl (C=O) groups is 2. The minimum absolute atomic E-state index is 0.0492. The highest BCUT2D eigenvalue weighted by Gasteiger charge is 2.42. The van der Waals surface area contributed by atoms with E-state index in [0.29, 0.717) is 0 Å². The molecule has 2 amide bonds. The molecule has 0 radical (unpaired) electrons. The molecule has 2 saturated carbocycles. The first-order valence-electron chi connectivity index (χ1n) is 8.15. The highest BCUT2D eigenvalue weighted by Crippen LogP contribution is 2.36. The van der Waals surface area contributed by atoms with Crippen molar-refractivity contribution in [3.63, 3.8) is 0 Å². The minimum atomic E-state index is -0.816. The fourth-order valence-electron chi connectivity index (χ4n) is 3.96. The maximum atomic E-state index is 12.6. The molecule has 21 heavy (non-hydrogen) atoms. The number of hydrogen-bond donors (Lipinski definition) is 2. The summed E-state index contributed by atoms with van der Waals surface area (Å²) in [5.41, 5.74) is -0.631. The molecular weight excluding hydrogens is 268 g/mol. The van der Waals surface area contributed by atoms with Gasteiger partial charge in [0.1, 0.15) is 0 Å². The van der Waals surface area contributed by atoms with Crippen LogP contribution >= 0.6 is 0 Å². The van der Waals surface area contributed by atoms with E-state index >= 15 is 0 Å². The van der Waals surface area contributed by atoms with Crippen LogP contribution in [-0.4, -0.2) is 40.1 Å². The summed E-state index contributed by atoms with van der Waals surface area (Å²) in [6.07, 6.45) is 9.10. The third kappa shape index (κ3) is 3.69. The van der Waals surface area contributed by atoms with Gasteiger partial charge < -0.3 is 15.3 Å². The van der Waals surface area contributed by atoms with Gasteiger partial charge in [-0.2, -0.15) is 0 Å². The number of carboxylic acids is 1. The van der Waals surface area contributed by atoms with Crippen LogP contribution in [0.4, 0.5) is 4.79 Å². The second-order valence-electron chi connectivity index (χ2n) is 7.11. The highest BCUT2D eigenvalue weighted by molar-refractivity contribution is 5.77. The van der Waals surface area contributed by atoms with Crippen molar-refractivity contribution < 1.29 is 14.7 Å². The van der Waals surface area contributed by atoms with Gasteiger partial charge in [0.05, 0.1) is 12.0 Å². The number of carbonyl (C=O) groups excluding carboxylic acids is 1. The normalized spacial score (nSPS) is 23.5. The molecule has 0 aromatic heterocycles. The van der Waals surface area contributed by atoms with Crippen molar-refractivity contribution in [1.82, 2.24) is 10.2 Å². The fourth-order valence-corrected chi connectivity index (χ4v) is 3.96. The van der Waals surface area contributed by atoms with Crippen molar-refractivity contribution >= 4 is 12.0 Å². The maximum Gasteiger partial charge on any atom is 0.318 e. The molecule has 2 N–H and O–H groups in total. The lowest BCUT2D eigenvalue weighted by Gasteiger charge is -2.44. The van der Waals surface area contributed by atoms with E-state index < -0.39 is 11.5 Å². The molecule has 0 spiro atoms. The van der Waals surface area contributed by atoms with E-state index in [4.69, 9.17) is 0 Å². The van der Waals surface area contributed by atoms with Crippen LogP contribution in [0.25, 0.3) is 0 Å². The second kappa shape index (κ2) is 6.24. The molecule has 2 fully saturated rings. The molecule has 0 aromatic carbocycles. The molecule has 2 aliphatic rings. The van der Waals surface area contributed by atoms with Gasteiger partial charge in [-0.1, -0.05) is 32.1 Å². The number of nitrogens with zero attached hydrogens (tertiary/aromatic N) is 1. The van der Waals surface area contributed by atoms with Crippen molar-refractivity contribution in [2.45, 2.75) is 82.2 Å². The van der Waals surface area contributed by atoms with E-state index in [9.17, 15) is 14.7 Å². The standard InChI is InChI=1S/C16H28N2O3/c1-15(8-6-7-9-15)17-14(21)18(2)16(12-13(19)20)10-4-3-5-11-16/h3-12H2,1-2H3,(H,17,21)(H,19,20). The van der Waals surface area contributed by atoms with Crippen molar-refractivity contribution in [2.75, 3.05) is 7.05 Å². The Kier molecular flexibility index (Phi) is 4.79. The van der Waals surface area contributed by atoms with Gasteiger partial charge in [-0.3, -0.25) is 4.79 Å². The van der Waals surface area contributed by atoms with Gasteiger partial charge in [0, 0.05) is 12.6 Å². The first-order chi connectivity index (χ1) is 9.87. The van der Waals surface area contributed by atoms with Crippen molar-refractivity contribution in [3.05, 3.63) is 0 Å². The molecule has 5 heteroatoms. The fraction of sp³-hybridized carbons (Fsp3) is 0.875. The van der Waals surface area contributed by atoms with Crippen molar-refractivity contribution in [3.8, 4) is 0 Å². The van der Waals surface area contributed by atoms with Crippen LogP contribution in [0.1, 0.15) is 71.1 Å². The number of aliphatic carboxylic acids is 1. The molecule has 0 atom stereocenters. The van der Waals surface area contributed by atoms with E-state index in [1.54, 1.807) is 11.9 Å². The Balaban J connectivity index is 2.07. The van der Waals surface area contributed by atoms with Crippen molar-refractivity contribution in [2.24, 2.45) is 0 Å². The van der Waals surface area contributed by atoms with Gasteiger partial charge in [0.25, 0.3) is 0 Å². The van der Waals surface area contributed by atoms with E-state index in [1.165, 1.54) is 0 Å². The zero-order chi connectivity index (χ0) is 15.5. The lowest BCUT2D eigenvalue weighted by Crippen LogP contribution is -2.58. The zero-order valence-electron chi connectivity index (χ0n) is 13.3. The SMILES string of the molecule is CN(C(=O)NC1(C)CCCC1)C1(CC(=O)O)CCCCC1. The molecule has 0 heterocycles. The first-order valence-corrected chi connectivity index (χ1v) is 8.15. The van der Waals surface area contributed by atoms with Crippen LogP contribution in [0.5, 0.6) is 0 Å². The quantitative estimate of drug-likeness (QED) is 0.837. The monoisotopic (exact) mass is 296 g/mol. The van der Waals surface area contributed by atoms with Gasteiger partial charge in [-0.15, -0.1) is 0 Å². The topological polar surface area (TPSA) is 69.6 Å². The third-order valence-corrected chi connectivity index (χ3v) is 5.40. The molecule has 0 bridgehead atoms. The number of nitrogens with one attached hydrogen (secondary N) is 1. The molecule has 2 rings (SSSR count). The van der Waals surface area contributed by atoms with Crippen LogP contribution in [0.2, 0.25) is 0 Å². The van der Waals surface area contributed by atoms with Crippen LogP contribution in [-0.2, 0) is 4.79 Å². The average molecular weight is 296 g/mol. The lowest BCUT2D eigenvalue weighted by atomic mass is 9.78. The molecule has 2 aliphatic carbocycles. The summed E-state index contributed by atoms with van der Waals surface area (Å²) >= 11 is 0. The van der Waals surface area contributed by atoms with Crippen molar-refractivity contribution in [1.29, 1.82) is 0 Å². The summed E-state index contributed by atoms with van der Waals surface area (Å²) in [7, 11) is 1.77. The Hall–Kier alpha value is -1.26. The minimum Gasteiger partial charge on any atom is -0.481 e. The second-order valence-corrected chi connectivity index (χ2v) is 7.11. The Morgan fingerprint density at radius 2 is 1.57 bits per heavy atom. The zero-order valence-corrected chi connectivity index (χ0v) is 13.3. The van der Waals surface area contributed by atoms with Gasteiger partial charge in [-0.05, 0) is 32.6 Å². The summed E-state index contributed by atoms with van der Waals surface area (Å²) in [6, 6.07) is -0.109. The van der Waals surface area contributed by atoms with Gasteiger partial charge in [0.2, 0.25) is 0 Å². The van der Waals surface area contributed by atoms with E-state index in [-0.39, 0.29) is 18.0 Å². The number of hydrogen-bond acceptors (Lipinski definition) is 2. The number of urea groups is 1. The number of amides is 2. The third-order valence-electron chi connectivity index (χ3n) is 5.40. The van der Waals surface area contributed by atoms with Crippen LogP contribution in [0.15, 0.2) is 0 Å². The highest BCUT2D eigenvalue weighted by atomic mass is 16.4.